The second kappa shape index (κ2) is 7.58. The van der Waals surface area contributed by atoms with E-state index < -0.39 is 0 Å². The molecule has 1 spiro atoms. The van der Waals surface area contributed by atoms with Crippen LogP contribution in [-0.4, -0.2) is 90.5 Å². The van der Waals surface area contributed by atoms with Gasteiger partial charge in [-0.2, -0.15) is 0 Å². The third-order valence-electron chi connectivity index (χ3n) is 5.70. The Morgan fingerprint density at radius 2 is 2.16 bits per heavy atom. The molecule has 1 atom stereocenters. The van der Waals surface area contributed by atoms with Crippen molar-refractivity contribution >= 4 is 11.8 Å². The highest BCUT2D eigenvalue weighted by Crippen LogP contribution is 2.32. The van der Waals surface area contributed by atoms with E-state index in [4.69, 9.17) is 4.74 Å². The van der Waals surface area contributed by atoms with Crippen LogP contribution in [0.4, 0.5) is 0 Å². The van der Waals surface area contributed by atoms with Crippen molar-refractivity contribution in [3.63, 3.8) is 0 Å². The standard InChI is InChI=1S/C18H28N4O3/c1-20-9-10-22(17(24)15-4-7-19-13-15)14-18(20)5-3-16(23)21(8-6-18)11-12-25-2/h4,7,13,19H,3,5-6,8-12,14H2,1-2H3/t18-/m0/s1. The highest BCUT2D eigenvalue weighted by molar-refractivity contribution is 5.94. The highest BCUT2D eigenvalue weighted by Gasteiger charge is 2.43. The fraction of sp³-hybridized carbons (Fsp3) is 0.667. The van der Waals surface area contributed by atoms with Crippen LogP contribution in [0.3, 0.4) is 0 Å². The number of hydrogen-bond acceptors (Lipinski definition) is 4. The van der Waals surface area contributed by atoms with Gasteiger partial charge in [0.25, 0.3) is 5.91 Å². The molecule has 1 N–H and O–H groups in total. The molecular weight excluding hydrogens is 320 g/mol. The molecule has 2 fully saturated rings. The van der Waals surface area contributed by atoms with Gasteiger partial charge in [-0.1, -0.05) is 0 Å². The summed E-state index contributed by atoms with van der Waals surface area (Å²) in [5.41, 5.74) is 0.577. The number of nitrogens with zero attached hydrogens (tertiary/aromatic N) is 3. The van der Waals surface area contributed by atoms with E-state index in [0.717, 1.165) is 32.5 Å². The average molecular weight is 348 g/mol. The van der Waals surface area contributed by atoms with E-state index in [1.54, 1.807) is 19.5 Å². The third-order valence-corrected chi connectivity index (χ3v) is 5.70. The first-order valence-corrected chi connectivity index (χ1v) is 8.96. The van der Waals surface area contributed by atoms with Crippen molar-refractivity contribution in [3.05, 3.63) is 24.0 Å². The van der Waals surface area contributed by atoms with Crippen molar-refractivity contribution in [2.45, 2.75) is 24.8 Å². The van der Waals surface area contributed by atoms with Crippen LogP contribution < -0.4 is 0 Å². The molecule has 7 heteroatoms. The molecule has 138 valence electrons. The van der Waals surface area contributed by atoms with Crippen LogP contribution in [-0.2, 0) is 9.53 Å². The first kappa shape index (κ1) is 17.9. The van der Waals surface area contributed by atoms with E-state index in [2.05, 4.69) is 16.9 Å². The van der Waals surface area contributed by atoms with Gasteiger partial charge in [-0.3, -0.25) is 14.5 Å². The fourth-order valence-electron chi connectivity index (χ4n) is 3.94. The number of methoxy groups -OCH3 is 1. The SMILES string of the molecule is COCCN1CC[C@@]2(CCC1=O)CN(C(=O)c1cc[nH]c1)CCN2C. The van der Waals surface area contributed by atoms with Crippen LogP contribution in [0.2, 0.25) is 0 Å². The zero-order valence-corrected chi connectivity index (χ0v) is 15.2. The Balaban J connectivity index is 1.72. The van der Waals surface area contributed by atoms with Crippen molar-refractivity contribution in [3.8, 4) is 0 Å². The summed E-state index contributed by atoms with van der Waals surface area (Å²) in [6.07, 6.45) is 5.73. The molecule has 0 bridgehead atoms. The molecule has 1 aromatic heterocycles. The lowest BCUT2D eigenvalue weighted by Gasteiger charge is -2.49. The van der Waals surface area contributed by atoms with Gasteiger partial charge in [-0.25, -0.2) is 0 Å². The van der Waals surface area contributed by atoms with Crippen LogP contribution in [0, 0.1) is 0 Å². The molecule has 25 heavy (non-hydrogen) atoms. The second-order valence-electron chi connectivity index (χ2n) is 7.10. The van der Waals surface area contributed by atoms with Crippen LogP contribution in [0.5, 0.6) is 0 Å². The van der Waals surface area contributed by atoms with Crippen molar-refractivity contribution in [2.24, 2.45) is 0 Å². The topological polar surface area (TPSA) is 68.9 Å². The summed E-state index contributed by atoms with van der Waals surface area (Å²) in [7, 11) is 3.77. The number of carbonyl (C=O) groups excluding carboxylic acids is 2. The van der Waals surface area contributed by atoms with Gasteiger partial charge in [-0.15, -0.1) is 0 Å². The maximum absolute atomic E-state index is 12.7. The molecule has 3 heterocycles. The molecule has 0 aliphatic carbocycles. The largest absolute Gasteiger partial charge is 0.383 e. The van der Waals surface area contributed by atoms with Crippen LogP contribution in [0.25, 0.3) is 0 Å². The number of nitrogens with one attached hydrogen (secondary N) is 1. The molecule has 0 radical (unpaired) electrons. The molecule has 2 saturated heterocycles. The Kier molecular flexibility index (Phi) is 5.44. The fourth-order valence-corrected chi connectivity index (χ4v) is 3.94. The molecule has 2 aliphatic rings. The Labute approximate surface area is 148 Å². The van der Waals surface area contributed by atoms with Gasteiger partial charge in [0, 0.05) is 64.2 Å². The third kappa shape index (κ3) is 3.72. The summed E-state index contributed by atoms with van der Waals surface area (Å²) in [6.45, 7) is 4.16. The minimum absolute atomic E-state index is 0.0699. The van der Waals surface area contributed by atoms with Crippen molar-refractivity contribution in [1.82, 2.24) is 19.7 Å². The summed E-state index contributed by atoms with van der Waals surface area (Å²) >= 11 is 0. The van der Waals surface area contributed by atoms with E-state index in [-0.39, 0.29) is 17.4 Å². The van der Waals surface area contributed by atoms with Gasteiger partial charge < -0.3 is 19.5 Å². The van der Waals surface area contributed by atoms with Gasteiger partial charge >= 0.3 is 0 Å². The first-order chi connectivity index (χ1) is 12.1. The van der Waals surface area contributed by atoms with Crippen LogP contribution >= 0.6 is 0 Å². The van der Waals surface area contributed by atoms with Gasteiger partial charge in [0.2, 0.25) is 5.91 Å². The molecule has 0 saturated carbocycles. The van der Waals surface area contributed by atoms with Gasteiger partial charge in [-0.05, 0) is 26.0 Å². The minimum Gasteiger partial charge on any atom is -0.383 e. The number of likely N-dealkylation sites (N-methyl/N-ethyl adjacent to an activating group) is 1. The van der Waals surface area contributed by atoms with Crippen molar-refractivity contribution < 1.29 is 14.3 Å². The number of hydrogen-bond donors (Lipinski definition) is 1. The van der Waals surface area contributed by atoms with E-state index in [9.17, 15) is 9.59 Å². The zero-order valence-electron chi connectivity index (χ0n) is 15.2. The number of aromatic nitrogens is 1. The smallest absolute Gasteiger partial charge is 0.255 e. The Morgan fingerprint density at radius 3 is 2.88 bits per heavy atom. The van der Waals surface area contributed by atoms with E-state index in [1.807, 2.05) is 15.9 Å². The molecule has 1 aromatic rings. The van der Waals surface area contributed by atoms with Gasteiger partial charge in [0.05, 0.1) is 12.2 Å². The Hall–Kier alpha value is -1.86. The number of aromatic amines is 1. The molecule has 2 aliphatic heterocycles. The van der Waals surface area contributed by atoms with E-state index >= 15 is 0 Å². The number of H-pyrrole nitrogens is 1. The molecule has 0 aromatic carbocycles. The number of rotatable bonds is 4. The number of carbonyl (C=O) groups is 2. The molecule has 7 nitrogen and oxygen atoms in total. The molecular formula is C18H28N4O3. The highest BCUT2D eigenvalue weighted by atomic mass is 16.5. The summed E-state index contributed by atoms with van der Waals surface area (Å²) in [5.74, 6) is 0.261. The van der Waals surface area contributed by atoms with E-state index in [0.29, 0.717) is 31.7 Å². The minimum atomic E-state index is -0.123. The average Bonchev–Trinajstić information content (AvgIpc) is 3.10. The summed E-state index contributed by atoms with van der Waals surface area (Å²) < 4.78 is 5.12. The zero-order chi connectivity index (χ0) is 17.9. The maximum Gasteiger partial charge on any atom is 0.255 e. The van der Waals surface area contributed by atoms with Crippen LogP contribution in [0.15, 0.2) is 18.5 Å². The van der Waals surface area contributed by atoms with Crippen molar-refractivity contribution in [2.75, 3.05) is 53.5 Å². The number of ether oxygens (including phenoxy) is 1. The number of amides is 2. The van der Waals surface area contributed by atoms with E-state index in [1.165, 1.54) is 0 Å². The monoisotopic (exact) mass is 348 g/mol. The summed E-state index contributed by atoms with van der Waals surface area (Å²) in [5, 5.41) is 0. The van der Waals surface area contributed by atoms with Gasteiger partial charge in [0.1, 0.15) is 0 Å². The summed E-state index contributed by atoms with van der Waals surface area (Å²) in [4.78, 5) is 34.3. The van der Waals surface area contributed by atoms with Crippen molar-refractivity contribution in [1.29, 1.82) is 0 Å². The lowest BCUT2D eigenvalue weighted by atomic mass is 9.86. The van der Waals surface area contributed by atoms with Crippen LogP contribution in [0.1, 0.15) is 29.6 Å². The summed E-state index contributed by atoms with van der Waals surface area (Å²) in [6, 6.07) is 1.82. The quantitative estimate of drug-likeness (QED) is 0.874. The first-order valence-electron chi connectivity index (χ1n) is 8.96. The normalized spacial score (nSPS) is 25.4. The molecule has 0 unspecified atom stereocenters. The molecule has 3 rings (SSSR count). The predicted octanol–water partition coefficient (Wildman–Crippen LogP) is 0.800. The molecule has 2 amide bonds. The Morgan fingerprint density at radius 1 is 1.32 bits per heavy atom. The maximum atomic E-state index is 12.7. The Bertz CT molecular complexity index is 603. The second-order valence-corrected chi connectivity index (χ2v) is 7.10. The lowest BCUT2D eigenvalue weighted by Crippen LogP contribution is -2.62. The number of likely N-dealkylation sites (tertiary alicyclic amines) is 1. The number of piperazine rings is 1. The van der Waals surface area contributed by atoms with Gasteiger partial charge in [0.15, 0.2) is 0 Å². The predicted molar refractivity (Wildman–Crippen MR) is 94.4 cm³/mol. The lowest BCUT2D eigenvalue weighted by molar-refractivity contribution is -0.131.